The predicted molar refractivity (Wildman–Crippen MR) is 74.4 cm³/mol. The first-order chi connectivity index (χ1) is 9.66. The molecule has 0 radical (unpaired) electrons. The van der Waals surface area contributed by atoms with Crippen LogP contribution in [0.2, 0.25) is 0 Å². The highest BCUT2D eigenvalue weighted by Crippen LogP contribution is 2.25. The smallest absolute Gasteiger partial charge is 0.303 e. The molecule has 0 saturated heterocycles. The summed E-state index contributed by atoms with van der Waals surface area (Å²) in [5.41, 5.74) is 1.48. The average Bonchev–Trinajstić information content (AvgIpc) is 2.46. The zero-order valence-corrected chi connectivity index (χ0v) is 11.1. The van der Waals surface area contributed by atoms with Gasteiger partial charge in [0.2, 0.25) is 0 Å². The highest BCUT2D eigenvalue weighted by Gasteiger charge is 2.16. The lowest BCUT2D eigenvalue weighted by molar-refractivity contribution is -0.137. The third-order valence-electron chi connectivity index (χ3n) is 3.03. The van der Waals surface area contributed by atoms with Crippen molar-refractivity contribution < 1.29 is 19.4 Å². The molecule has 5 nitrogen and oxygen atoms in total. The molecular weight excluding hydrogens is 258 g/mol. The number of carbonyl (C=O) groups excluding carboxylic acids is 1. The Morgan fingerprint density at radius 2 is 2.05 bits per heavy atom. The molecule has 1 aromatic rings. The van der Waals surface area contributed by atoms with Gasteiger partial charge >= 0.3 is 5.97 Å². The van der Waals surface area contributed by atoms with Gasteiger partial charge in [0, 0.05) is 18.5 Å². The summed E-state index contributed by atoms with van der Waals surface area (Å²) in [5, 5.41) is 11.3. The van der Waals surface area contributed by atoms with E-state index in [-0.39, 0.29) is 18.9 Å². The van der Waals surface area contributed by atoms with Crippen molar-refractivity contribution >= 4 is 18.0 Å². The molecule has 1 aliphatic heterocycles. The number of rotatable bonds is 6. The van der Waals surface area contributed by atoms with E-state index >= 15 is 0 Å². The van der Waals surface area contributed by atoms with Gasteiger partial charge in [-0.1, -0.05) is 18.2 Å². The number of amides is 1. The molecule has 0 unspecified atom stereocenters. The molecule has 0 bridgehead atoms. The second kappa shape index (κ2) is 6.75. The second-order valence-electron chi connectivity index (χ2n) is 4.60. The number of carbonyl (C=O) groups is 2. The minimum Gasteiger partial charge on any atom is -0.488 e. The molecule has 0 aromatic heterocycles. The first-order valence-electron chi connectivity index (χ1n) is 6.59. The van der Waals surface area contributed by atoms with E-state index in [2.05, 4.69) is 5.32 Å². The van der Waals surface area contributed by atoms with Crippen LogP contribution in [0.15, 0.2) is 29.8 Å². The number of para-hydroxylation sites is 1. The molecule has 5 heteroatoms. The largest absolute Gasteiger partial charge is 0.488 e. The summed E-state index contributed by atoms with van der Waals surface area (Å²) in [6.45, 7) is 0.739. The van der Waals surface area contributed by atoms with Gasteiger partial charge in [0.1, 0.15) is 12.4 Å². The Hall–Kier alpha value is -2.30. The molecule has 1 heterocycles. The van der Waals surface area contributed by atoms with Crippen molar-refractivity contribution in [2.75, 3.05) is 13.2 Å². The Bertz CT molecular complexity index is 536. The number of aliphatic carboxylic acids is 1. The van der Waals surface area contributed by atoms with Gasteiger partial charge < -0.3 is 15.2 Å². The first-order valence-corrected chi connectivity index (χ1v) is 6.59. The number of carboxylic acids is 1. The minimum atomic E-state index is -0.809. The van der Waals surface area contributed by atoms with Gasteiger partial charge in [-0.05, 0) is 25.0 Å². The van der Waals surface area contributed by atoms with Crippen LogP contribution in [0.3, 0.4) is 0 Å². The van der Waals surface area contributed by atoms with E-state index in [4.69, 9.17) is 9.84 Å². The molecule has 0 aliphatic carbocycles. The van der Waals surface area contributed by atoms with Crippen LogP contribution in [0, 0.1) is 0 Å². The minimum absolute atomic E-state index is 0.134. The maximum atomic E-state index is 11.9. The Kier molecular flexibility index (Phi) is 4.76. The van der Waals surface area contributed by atoms with Gasteiger partial charge in [-0.25, -0.2) is 0 Å². The monoisotopic (exact) mass is 275 g/mol. The van der Waals surface area contributed by atoms with Gasteiger partial charge in [0.25, 0.3) is 5.91 Å². The number of ether oxygens (including phenoxy) is 1. The zero-order chi connectivity index (χ0) is 14.4. The summed E-state index contributed by atoms with van der Waals surface area (Å²) >= 11 is 0. The van der Waals surface area contributed by atoms with E-state index in [9.17, 15) is 9.59 Å². The molecule has 2 rings (SSSR count). The molecule has 2 N–H and O–H groups in total. The number of fused-ring (bicyclic) bond motifs is 1. The number of unbranched alkanes of at least 4 members (excludes halogenated alkanes) is 1. The van der Waals surface area contributed by atoms with Gasteiger partial charge in [-0.2, -0.15) is 0 Å². The Balaban J connectivity index is 1.82. The highest BCUT2D eigenvalue weighted by molar-refractivity contribution is 5.99. The summed E-state index contributed by atoms with van der Waals surface area (Å²) in [6, 6.07) is 7.55. The molecule has 106 valence electrons. The number of nitrogens with one attached hydrogen (secondary N) is 1. The topological polar surface area (TPSA) is 75.6 Å². The van der Waals surface area contributed by atoms with Crippen LogP contribution >= 0.6 is 0 Å². The standard InChI is InChI=1S/C15H17NO4/c17-14(18)7-3-4-8-16-15(19)12-9-11-5-1-2-6-13(11)20-10-12/h1-2,5-6,9H,3-4,7-8,10H2,(H,16,19)(H,17,18). The molecule has 20 heavy (non-hydrogen) atoms. The Morgan fingerprint density at radius 1 is 1.25 bits per heavy atom. The van der Waals surface area contributed by atoms with Gasteiger partial charge in [0.15, 0.2) is 0 Å². The molecule has 0 atom stereocenters. The molecular formula is C15H17NO4. The second-order valence-corrected chi connectivity index (χ2v) is 4.60. The normalized spacial score (nSPS) is 12.9. The molecule has 1 amide bonds. The fourth-order valence-electron chi connectivity index (χ4n) is 1.96. The fraction of sp³-hybridized carbons (Fsp3) is 0.333. The van der Waals surface area contributed by atoms with Crippen LogP contribution in [0.25, 0.3) is 6.08 Å². The van der Waals surface area contributed by atoms with E-state index in [1.54, 1.807) is 0 Å². The van der Waals surface area contributed by atoms with Crippen LogP contribution in [0.1, 0.15) is 24.8 Å². The number of benzene rings is 1. The van der Waals surface area contributed by atoms with Crippen LogP contribution in [-0.2, 0) is 9.59 Å². The van der Waals surface area contributed by atoms with Crippen LogP contribution < -0.4 is 10.1 Å². The number of carboxylic acid groups (broad SMARTS) is 1. The first kappa shape index (κ1) is 14.1. The Labute approximate surface area is 117 Å². The van der Waals surface area contributed by atoms with E-state index in [1.165, 1.54) is 0 Å². The fourth-order valence-corrected chi connectivity index (χ4v) is 1.96. The van der Waals surface area contributed by atoms with Crippen LogP contribution in [0.5, 0.6) is 5.75 Å². The maximum Gasteiger partial charge on any atom is 0.303 e. The Morgan fingerprint density at radius 3 is 2.85 bits per heavy atom. The summed E-state index contributed by atoms with van der Waals surface area (Å²) in [6.07, 6.45) is 3.18. The lowest BCUT2D eigenvalue weighted by Gasteiger charge is -2.17. The van der Waals surface area contributed by atoms with E-state index in [1.807, 2.05) is 30.3 Å². The van der Waals surface area contributed by atoms with Crippen molar-refractivity contribution in [1.82, 2.24) is 5.32 Å². The quantitative estimate of drug-likeness (QED) is 0.777. The molecule has 1 aromatic carbocycles. The van der Waals surface area contributed by atoms with Gasteiger partial charge in [-0.3, -0.25) is 9.59 Å². The number of hydrogen-bond donors (Lipinski definition) is 2. The molecule has 0 spiro atoms. The number of hydrogen-bond acceptors (Lipinski definition) is 3. The third kappa shape index (κ3) is 3.85. The van der Waals surface area contributed by atoms with Crippen molar-refractivity contribution in [3.63, 3.8) is 0 Å². The van der Waals surface area contributed by atoms with Crippen molar-refractivity contribution in [3.05, 3.63) is 35.4 Å². The van der Waals surface area contributed by atoms with Gasteiger partial charge in [-0.15, -0.1) is 0 Å². The maximum absolute atomic E-state index is 11.9. The van der Waals surface area contributed by atoms with Crippen LogP contribution in [-0.4, -0.2) is 30.1 Å². The average molecular weight is 275 g/mol. The molecule has 1 aliphatic rings. The predicted octanol–water partition coefficient (Wildman–Crippen LogP) is 1.83. The molecule has 0 saturated carbocycles. The van der Waals surface area contributed by atoms with Crippen molar-refractivity contribution in [2.45, 2.75) is 19.3 Å². The summed E-state index contributed by atoms with van der Waals surface area (Å²) in [7, 11) is 0. The van der Waals surface area contributed by atoms with E-state index in [0.717, 1.165) is 11.3 Å². The van der Waals surface area contributed by atoms with Crippen molar-refractivity contribution in [1.29, 1.82) is 0 Å². The highest BCUT2D eigenvalue weighted by atomic mass is 16.5. The lowest BCUT2D eigenvalue weighted by Crippen LogP contribution is -2.29. The zero-order valence-electron chi connectivity index (χ0n) is 11.1. The van der Waals surface area contributed by atoms with Crippen molar-refractivity contribution in [3.8, 4) is 5.75 Å². The van der Waals surface area contributed by atoms with Crippen molar-refractivity contribution in [2.24, 2.45) is 0 Å². The summed E-state index contributed by atoms with van der Waals surface area (Å²) < 4.78 is 5.51. The van der Waals surface area contributed by atoms with Crippen LogP contribution in [0.4, 0.5) is 0 Å². The summed E-state index contributed by atoms with van der Waals surface area (Å²) in [4.78, 5) is 22.3. The lowest BCUT2D eigenvalue weighted by atomic mass is 10.1. The SMILES string of the molecule is O=C(O)CCCCNC(=O)C1=Cc2ccccc2OC1. The van der Waals surface area contributed by atoms with Gasteiger partial charge in [0.05, 0.1) is 5.57 Å². The third-order valence-corrected chi connectivity index (χ3v) is 3.03. The van der Waals surface area contributed by atoms with E-state index in [0.29, 0.717) is 25.0 Å². The summed E-state index contributed by atoms with van der Waals surface area (Å²) in [5.74, 6) is -0.184. The van der Waals surface area contributed by atoms with E-state index < -0.39 is 5.97 Å². The molecule has 0 fully saturated rings.